The first-order valence-electron chi connectivity index (χ1n) is 4.64. The summed E-state index contributed by atoms with van der Waals surface area (Å²) in [5, 5.41) is 8.94. The van der Waals surface area contributed by atoms with Crippen molar-refractivity contribution in [2.24, 2.45) is 0 Å². The second-order valence-electron chi connectivity index (χ2n) is 3.29. The molecule has 1 atom stereocenters. The van der Waals surface area contributed by atoms with Crippen LogP contribution in [0.1, 0.15) is 19.3 Å². The van der Waals surface area contributed by atoms with E-state index < -0.39 is 12.0 Å². The minimum Gasteiger partial charge on any atom is -0.480 e. The molecule has 0 bridgehead atoms. The van der Waals surface area contributed by atoms with Crippen molar-refractivity contribution in [1.82, 2.24) is 4.90 Å². The first kappa shape index (κ1) is 12.0. The van der Waals surface area contributed by atoms with Crippen molar-refractivity contribution in [2.45, 2.75) is 25.3 Å². The Kier molecular flexibility index (Phi) is 4.14. The average Bonchev–Trinajstić information content (AvgIpc) is 2.49. The number of carbonyl (C=O) groups is 3. The van der Waals surface area contributed by atoms with E-state index in [1.165, 1.54) is 11.8 Å². The second-order valence-corrected chi connectivity index (χ2v) is 4.28. The van der Waals surface area contributed by atoms with Gasteiger partial charge in [-0.15, -0.1) is 0 Å². The molecular formula is C9H13NO4S. The number of aliphatic carboxylic acids is 1. The number of imide groups is 1. The highest BCUT2D eigenvalue weighted by Crippen LogP contribution is 2.18. The van der Waals surface area contributed by atoms with Crippen LogP contribution in [0.3, 0.4) is 0 Å². The number of carboxylic acid groups (broad SMARTS) is 1. The first-order valence-corrected chi connectivity index (χ1v) is 6.04. The Hall–Kier alpha value is -1.04. The van der Waals surface area contributed by atoms with E-state index in [0.717, 1.165) is 4.90 Å². The molecule has 5 nitrogen and oxygen atoms in total. The molecule has 1 heterocycles. The zero-order valence-electron chi connectivity index (χ0n) is 8.43. The molecule has 1 rings (SSSR count). The van der Waals surface area contributed by atoms with Crippen LogP contribution in [0.5, 0.6) is 0 Å². The molecule has 0 aromatic rings. The third kappa shape index (κ3) is 2.71. The summed E-state index contributed by atoms with van der Waals surface area (Å²) in [4.78, 5) is 34.5. The smallest absolute Gasteiger partial charge is 0.326 e. The number of carbonyl (C=O) groups excluding carboxylic acids is 2. The Balaban J connectivity index is 2.74. The van der Waals surface area contributed by atoms with Crippen molar-refractivity contribution >= 4 is 29.5 Å². The monoisotopic (exact) mass is 231 g/mol. The van der Waals surface area contributed by atoms with E-state index in [1.54, 1.807) is 0 Å². The van der Waals surface area contributed by atoms with Crippen molar-refractivity contribution in [3.05, 3.63) is 0 Å². The molecular weight excluding hydrogens is 218 g/mol. The van der Waals surface area contributed by atoms with Crippen LogP contribution in [0.25, 0.3) is 0 Å². The van der Waals surface area contributed by atoms with Crippen LogP contribution >= 0.6 is 11.8 Å². The second kappa shape index (κ2) is 5.16. The fourth-order valence-corrected chi connectivity index (χ4v) is 1.99. The number of carboxylic acids is 1. The van der Waals surface area contributed by atoms with Crippen LogP contribution in [-0.4, -0.2) is 45.8 Å². The summed E-state index contributed by atoms with van der Waals surface area (Å²) in [6, 6.07) is -0.986. The van der Waals surface area contributed by atoms with Crippen molar-refractivity contribution in [1.29, 1.82) is 0 Å². The summed E-state index contributed by atoms with van der Waals surface area (Å²) in [5.74, 6) is -1.22. The Labute approximate surface area is 91.8 Å². The summed E-state index contributed by atoms with van der Waals surface area (Å²) < 4.78 is 0. The molecule has 1 saturated heterocycles. The number of amides is 2. The van der Waals surface area contributed by atoms with Gasteiger partial charge in [-0.1, -0.05) is 0 Å². The van der Waals surface area contributed by atoms with Gasteiger partial charge in [-0.2, -0.15) is 11.8 Å². The molecule has 84 valence electrons. The Morgan fingerprint density at radius 2 is 2.00 bits per heavy atom. The maximum atomic E-state index is 11.3. The van der Waals surface area contributed by atoms with E-state index in [9.17, 15) is 14.4 Å². The van der Waals surface area contributed by atoms with E-state index in [2.05, 4.69) is 0 Å². The molecule has 1 aliphatic rings. The van der Waals surface area contributed by atoms with Crippen molar-refractivity contribution in [2.75, 3.05) is 12.0 Å². The molecule has 6 heteroatoms. The summed E-state index contributed by atoms with van der Waals surface area (Å²) in [6.07, 6.45) is 2.45. The molecule has 1 aliphatic heterocycles. The van der Waals surface area contributed by atoms with Gasteiger partial charge in [-0.25, -0.2) is 4.79 Å². The van der Waals surface area contributed by atoms with Gasteiger partial charge < -0.3 is 5.11 Å². The summed E-state index contributed by atoms with van der Waals surface area (Å²) >= 11 is 1.50. The van der Waals surface area contributed by atoms with Gasteiger partial charge in [0.25, 0.3) is 0 Å². The van der Waals surface area contributed by atoms with E-state index in [4.69, 9.17) is 5.11 Å². The molecule has 0 spiro atoms. The summed E-state index contributed by atoms with van der Waals surface area (Å²) in [5.41, 5.74) is 0. The molecule has 1 N–H and O–H groups in total. The molecule has 0 aliphatic carbocycles. The van der Waals surface area contributed by atoms with Crippen molar-refractivity contribution in [3.8, 4) is 0 Å². The van der Waals surface area contributed by atoms with Crippen LogP contribution in [0, 0.1) is 0 Å². The number of rotatable bonds is 5. The molecule has 15 heavy (non-hydrogen) atoms. The van der Waals surface area contributed by atoms with E-state index in [0.29, 0.717) is 12.2 Å². The lowest BCUT2D eigenvalue weighted by atomic mass is 10.2. The zero-order valence-corrected chi connectivity index (χ0v) is 9.25. The van der Waals surface area contributed by atoms with Gasteiger partial charge in [0, 0.05) is 12.8 Å². The number of hydrogen-bond donors (Lipinski definition) is 1. The fourth-order valence-electron chi connectivity index (χ4n) is 1.53. The van der Waals surface area contributed by atoms with Gasteiger partial charge in [0.1, 0.15) is 6.04 Å². The zero-order chi connectivity index (χ0) is 11.4. The number of thioether (sulfide) groups is 1. The standard InChI is InChI=1S/C9H13NO4S/c1-15-5-4-6(9(13)14)10-7(11)2-3-8(10)12/h6H,2-5H2,1H3,(H,13,14). The number of hydrogen-bond acceptors (Lipinski definition) is 4. The summed E-state index contributed by atoms with van der Waals surface area (Å²) in [6.45, 7) is 0. The third-order valence-electron chi connectivity index (χ3n) is 2.28. The quantitative estimate of drug-likeness (QED) is 0.691. The predicted octanol–water partition coefficient (Wildman–Crippen LogP) is 0.342. The third-order valence-corrected chi connectivity index (χ3v) is 2.93. The molecule has 0 aromatic heterocycles. The van der Waals surface area contributed by atoms with Crippen LogP contribution in [-0.2, 0) is 14.4 Å². The first-order chi connectivity index (χ1) is 7.07. The highest BCUT2D eigenvalue weighted by Gasteiger charge is 2.38. The number of nitrogens with zero attached hydrogens (tertiary/aromatic N) is 1. The van der Waals surface area contributed by atoms with Crippen LogP contribution in [0.2, 0.25) is 0 Å². The SMILES string of the molecule is CSCCC(C(=O)O)N1C(=O)CCC1=O. The number of likely N-dealkylation sites (tertiary alicyclic amines) is 1. The molecule has 0 radical (unpaired) electrons. The lowest BCUT2D eigenvalue weighted by Gasteiger charge is -2.21. The van der Waals surface area contributed by atoms with Gasteiger partial charge in [0.15, 0.2) is 0 Å². The van der Waals surface area contributed by atoms with Gasteiger partial charge in [0.2, 0.25) is 11.8 Å². The lowest BCUT2D eigenvalue weighted by molar-refractivity contribution is -0.154. The summed E-state index contributed by atoms with van der Waals surface area (Å²) in [7, 11) is 0. The highest BCUT2D eigenvalue weighted by atomic mass is 32.2. The Morgan fingerprint density at radius 1 is 1.47 bits per heavy atom. The Bertz CT molecular complexity index is 276. The molecule has 0 aromatic carbocycles. The van der Waals surface area contributed by atoms with Gasteiger partial charge in [0.05, 0.1) is 0 Å². The normalized spacial score (nSPS) is 18.3. The molecule has 1 fully saturated rings. The van der Waals surface area contributed by atoms with Crippen LogP contribution in [0.15, 0.2) is 0 Å². The van der Waals surface area contributed by atoms with Crippen LogP contribution in [0.4, 0.5) is 0 Å². The molecule has 0 saturated carbocycles. The Morgan fingerprint density at radius 3 is 2.40 bits per heavy atom. The maximum Gasteiger partial charge on any atom is 0.326 e. The van der Waals surface area contributed by atoms with E-state index in [1.807, 2.05) is 6.26 Å². The van der Waals surface area contributed by atoms with Gasteiger partial charge >= 0.3 is 5.97 Å². The van der Waals surface area contributed by atoms with E-state index in [-0.39, 0.29) is 24.7 Å². The van der Waals surface area contributed by atoms with E-state index >= 15 is 0 Å². The minimum absolute atomic E-state index is 0.141. The average molecular weight is 231 g/mol. The highest BCUT2D eigenvalue weighted by molar-refractivity contribution is 7.98. The molecule has 2 amide bonds. The maximum absolute atomic E-state index is 11.3. The predicted molar refractivity (Wildman–Crippen MR) is 55.5 cm³/mol. The van der Waals surface area contributed by atoms with Crippen molar-refractivity contribution < 1.29 is 19.5 Å². The minimum atomic E-state index is -1.10. The topological polar surface area (TPSA) is 74.7 Å². The largest absolute Gasteiger partial charge is 0.480 e. The molecule has 1 unspecified atom stereocenters. The van der Waals surface area contributed by atoms with Crippen molar-refractivity contribution in [3.63, 3.8) is 0 Å². The lowest BCUT2D eigenvalue weighted by Crippen LogP contribution is -2.44. The van der Waals surface area contributed by atoms with Gasteiger partial charge in [-0.3, -0.25) is 14.5 Å². The fraction of sp³-hybridized carbons (Fsp3) is 0.667. The van der Waals surface area contributed by atoms with Crippen LogP contribution < -0.4 is 0 Å². The van der Waals surface area contributed by atoms with Gasteiger partial charge in [-0.05, 0) is 18.4 Å².